The summed E-state index contributed by atoms with van der Waals surface area (Å²) in [5, 5.41) is 0. The smallest absolute Gasteiger partial charge is 0.159 e. The van der Waals surface area contributed by atoms with E-state index in [0.29, 0.717) is 17.3 Å². The van der Waals surface area contributed by atoms with E-state index in [2.05, 4.69) is 9.97 Å². The van der Waals surface area contributed by atoms with Crippen LogP contribution >= 0.6 is 0 Å². The Kier molecular flexibility index (Phi) is 4.61. The third-order valence-corrected chi connectivity index (χ3v) is 3.68. The monoisotopic (exact) mass is 322 g/mol. The van der Waals surface area contributed by atoms with Gasteiger partial charge in [-0.25, -0.2) is 9.97 Å². The summed E-state index contributed by atoms with van der Waals surface area (Å²) in [5.74, 6) is 2.84. The zero-order valence-corrected chi connectivity index (χ0v) is 13.8. The highest BCUT2D eigenvalue weighted by Gasteiger charge is 2.07. The third-order valence-electron chi connectivity index (χ3n) is 3.68. The van der Waals surface area contributed by atoms with Crippen molar-refractivity contribution in [2.45, 2.75) is 0 Å². The number of aromatic nitrogens is 2. The lowest BCUT2D eigenvalue weighted by molar-refractivity contribution is 0.394. The summed E-state index contributed by atoms with van der Waals surface area (Å²) >= 11 is 0. The first kappa shape index (κ1) is 15.8. The van der Waals surface area contributed by atoms with Crippen molar-refractivity contribution < 1.29 is 14.2 Å². The molecule has 0 spiro atoms. The van der Waals surface area contributed by atoms with Gasteiger partial charge in [0.15, 0.2) is 5.82 Å². The van der Waals surface area contributed by atoms with Crippen LogP contribution in [0.15, 0.2) is 54.9 Å². The molecule has 0 unspecified atom stereocenters. The molecule has 122 valence electrons. The molecule has 0 saturated carbocycles. The van der Waals surface area contributed by atoms with Crippen LogP contribution in [0.25, 0.3) is 22.5 Å². The highest BCUT2D eigenvalue weighted by molar-refractivity contribution is 5.65. The molecule has 0 bridgehead atoms. The SMILES string of the molecule is COc1ccc(-c2cnc(-c3cc(OC)cc(OC)c3)nc2)cc1. The second kappa shape index (κ2) is 7.00. The average molecular weight is 322 g/mol. The molecule has 0 amide bonds. The number of hydrogen-bond donors (Lipinski definition) is 0. The summed E-state index contributed by atoms with van der Waals surface area (Å²) in [7, 11) is 4.88. The van der Waals surface area contributed by atoms with E-state index in [1.807, 2.05) is 42.5 Å². The molecule has 1 aromatic heterocycles. The summed E-state index contributed by atoms with van der Waals surface area (Å²) in [5.41, 5.74) is 2.81. The summed E-state index contributed by atoms with van der Waals surface area (Å²) in [6, 6.07) is 13.4. The van der Waals surface area contributed by atoms with E-state index in [0.717, 1.165) is 22.4 Å². The van der Waals surface area contributed by atoms with Gasteiger partial charge in [-0.1, -0.05) is 12.1 Å². The number of methoxy groups -OCH3 is 3. The molecule has 0 saturated heterocycles. The zero-order valence-electron chi connectivity index (χ0n) is 13.8. The first-order valence-corrected chi connectivity index (χ1v) is 7.43. The van der Waals surface area contributed by atoms with Crippen LogP contribution < -0.4 is 14.2 Å². The molecule has 3 aromatic rings. The van der Waals surface area contributed by atoms with Crippen molar-refractivity contribution in [3.63, 3.8) is 0 Å². The molecule has 0 aliphatic heterocycles. The average Bonchev–Trinajstić information content (AvgIpc) is 2.67. The van der Waals surface area contributed by atoms with Gasteiger partial charge in [0.2, 0.25) is 0 Å². The van der Waals surface area contributed by atoms with Crippen molar-refractivity contribution in [3.05, 3.63) is 54.9 Å². The third kappa shape index (κ3) is 3.30. The fraction of sp³-hybridized carbons (Fsp3) is 0.158. The fourth-order valence-electron chi connectivity index (χ4n) is 2.35. The Labute approximate surface area is 140 Å². The number of rotatable bonds is 5. The quantitative estimate of drug-likeness (QED) is 0.714. The van der Waals surface area contributed by atoms with Crippen molar-refractivity contribution in [2.75, 3.05) is 21.3 Å². The zero-order chi connectivity index (χ0) is 16.9. The van der Waals surface area contributed by atoms with E-state index in [-0.39, 0.29) is 0 Å². The van der Waals surface area contributed by atoms with Crippen LogP contribution in [-0.4, -0.2) is 31.3 Å². The largest absolute Gasteiger partial charge is 0.497 e. The predicted molar refractivity (Wildman–Crippen MR) is 92.6 cm³/mol. The molecule has 0 N–H and O–H groups in total. The molecule has 0 aliphatic carbocycles. The van der Waals surface area contributed by atoms with Gasteiger partial charge in [0, 0.05) is 29.6 Å². The van der Waals surface area contributed by atoms with Gasteiger partial charge in [-0.3, -0.25) is 0 Å². The van der Waals surface area contributed by atoms with Crippen LogP contribution in [0.4, 0.5) is 0 Å². The summed E-state index contributed by atoms with van der Waals surface area (Å²) in [6.45, 7) is 0. The minimum atomic E-state index is 0.615. The molecule has 0 aliphatic rings. The molecule has 24 heavy (non-hydrogen) atoms. The second-order valence-electron chi connectivity index (χ2n) is 5.13. The van der Waals surface area contributed by atoms with Gasteiger partial charge in [0.05, 0.1) is 21.3 Å². The Hall–Kier alpha value is -3.08. The molecule has 5 nitrogen and oxygen atoms in total. The van der Waals surface area contributed by atoms with Crippen molar-refractivity contribution in [1.82, 2.24) is 9.97 Å². The van der Waals surface area contributed by atoms with Crippen molar-refractivity contribution in [3.8, 4) is 39.8 Å². The van der Waals surface area contributed by atoms with Gasteiger partial charge in [0.25, 0.3) is 0 Å². The highest BCUT2D eigenvalue weighted by Crippen LogP contribution is 2.28. The molecule has 3 rings (SSSR count). The predicted octanol–water partition coefficient (Wildman–Crippen LogP) is 3.84. The topological polar surface area (TPSA) is 53.5 Å². The van der Waals surface area contributed by atoms with Gasteiger partial charge in [-0.15, -0.1) is 0 Å². The van der Waals surface area contributed by atoms with E-state index in [9.17, 15) is 0 Å². The fourth-order valence-corrected chi connectivity index (χ4v) is 2.35. The molecular formula is C19H18N2O3. The van der Waals surface area contributed by atoms with E-state index in [1.54, 1.807) is 33.7 Å². The molecule has 0 fully saturated rings. The van der Waals surface area contributed by atoms with Gasteiger partial charge in [-0.2, -0.15) is 0 Å². The maximum atomic E-state index is 5.29. The standard InChI is InChI=1S/C19H18N2O3/c1-22-16-6-4-13(5-7-16)15-11-20-19(21-12-15)14-8-17(23-2)10-18(9-14)24-3/h4-12H,1-3H3. The maximum absolute atomic E-state index is 5.29. The Morgan fingerprint density at radius 2 is 1.12 bits per heavy atom. The van der Waals surface area contributed by atoms with Crippen LogP contribution in [-0.2, 0) is 0 Å². The molecule has 0 radical (unpaired) electrons. The van der Waals surface area contributed by atoms with Crippen LogP contribution in [0.1, 0.15) is 0 Å². The lowest BCUT2D eigenvalue weighted by Gasteiger charge is -2.08. The second-order valence-corrected chi connectivity index (χ2v) is 5.13. The van der Waals surface area contributed by atoms with Gasteiger partial charge >= 0.3 is 0 Å². The van der Waals surface area contributed by atoms with E-state index in [1.165, 1.54) is 0 Å². The van der Waals surface area contributed by atoms with E-state index in [4.69, 9.17) is 14.2 Å². The summed E-state index contributed by atoms with van der Waals surface area (Å²) < 4.78 is 15.7. The van der Waals surface area contributed by atoms with Crippen molar-refractivity contribution in [1.29, 1.82) is 0 Å². The van der Waals surface area contributed by atoms with Crippen LogP contribution in [0, 0.1) is 0 Å². The van der Waals surface area contributed by atoms with Gasteiger partial charge in [0.1, 0.15) is 17.2 Å². The highest BCUT2D eigenvalue weighted by atomic mass is 16.5. The van der Waals surface area contributed by atoms with Crippen LogP contribution in [0.3, 0.4) is 0 Å². The first-order chi connectivity index (χ1) is 11.7. The van der Waals surface area contributed by atoms with Gasteiger partial charge in [-0.05, 0) is 29.8 Å². The normalized spacial score (nSPS) is 10.3. The minimum Gasteiger partial charge on any atom is -0.497 e. The Morgan fingerprint density at radius 1 is 0.583 bits per heavy atom. The summed E-state index contributed by atoms with van der Waals surface area (Å²) in [4.78, 5) is 8.93. The lowest BCUT2D eigenvalue weighted by atomic mass is 10.1. The first-order valence-electron chi connectivity index (χ1n) is 7.43. The number of hydrogen-bond acceptors (Lipinski definition) is 5. The lowest BCUT2D eigenvalue weighted by Crippen LogP contribution is -1.93. The summed E-state index contributed by atoms with van der Waals surface area (Å²) in [6.07, 6.45) is 3.60. The Balaban J connectivity index is 1.91. The number of ether oxygens (including phenoxy) is 3. The number of nitrogens with zero attached hydrogens (tertiary/aromatic N) is 2. The number of benzene rings is 2. The molecule has 1 heterocycles. The Morgan fingerprint density at radius 3 is 1.62 bits per heavy atom. The van der Waals surface area contributed by atoms with Crippen LogP contribution in [0.5, 0.6) is 17.2 Å². The van der Waals surface area contributed by atoms with Crippen molar-refractivity contribution in [2.24, 2.45) is 0 Å². The maximum Gasteiger partial charge on any atom is 0.159 e. The molecular weight excluding hydrogens is 304 g/mol. The Bertz CT molecular complexity index is 793. The minimum absolute atomic E-state index is 0.615. The molecule has 0 atom stereocenters. The van der Waals surface area contributed by atoms with Gasteiger partial charge < -0.3 is 14.2 Å². The van der Waals surface area contributed by atoms with E-state index >= 15 is 0 Å². The van der Waals surface area contributed by atoms with Crippen LogP contribution in [0.2, 0.25) is 0 Å². The van der Waals surface area contributed by atoms with Crippen molar-refractivity contribution >= 4 is 0 Å². The van der Waals surface area contributed by atoms with E-state index < -0.39 is 0 Å². The molecule has 2 aromatic carbocycles. The molecule has 5 heteroatoms.